The van der Waals surface area contributed by atoms with Crippen LogP contribution in [0.1, 0.15) is 19.3 Å². The number of benzene rings is 4. The Morgan fingerprint density at radius 3 is 0.585 bits per heavy atom. The van der Waals surface area contributed by atoms with E-state index in [4.69, 9.17) is 9.05 Å². The molecule has 1 aliphatic rings. The van der Waals surface area contributed by atoms with Gasteiger partial charge in [0.2, 0.25) is 23.3 Å². The smallest absolute Gasteiger partial charge is 0.200 e. The molecule has 53 heavy (non-hydrogen) atoms. The van der Waals surface area contributed by atoms with Gasteiger partial charge in [0.1, 0.15) is 16.3 Å². The molecule has 0 aromatic heterocycles. The molecule has 0 radical (unpaired) electrons. The molecule has 2 unspecified atom stereocenters. The van der Waals surface area contributed by atoms with Crippen LogP contribution in [0.5, 0.6) is 0 Å². The maximum absolute atomic E-state index is 15.0. The number of hydrogen-bond donors (Lipinski definition) is 0. The minimum Gasteiger partial charge on any atom is -0.343 e. The molecule has 1 saturated carbocycles. The molecule has 4 aromatic carbocycles. The van der Waals surface area contributed by atoms with Crippen LogP contribution in [-0.2, 0) is 9.05 Å². The van der Waals surface area contributed by atoms with E-state index in [1.807, 2.05) is 0 Å². The Morgan fingerprint density at radius 1 is 0.264 bits per heavy atom. The van der Waals surface area contributed by atoms with Crippen molar-refractivity contribution in [3.05, 3.63) is 116 Å². The summed E-state index contributed by atoms with van der Waals surface area (Å²) in [6.45, 7) is 0. The van der Waals surface area contributed by atoms with Gasteiger partial charge in [-0.25, -0.2) is 87.8 Å². The molecule has 0 heterocycles. The van der Waals surface area contributed by atoms with Gasteiger partial charge in [-0.2, -0.15) is 0 Å². The summed E-state index contributed by atoms with van der Waals surface area (Å²) in [4.78, 5) is 0. The van der Waals surface area contributed by atoms with E-state index in [2.05, 4.69) is 0 Å². The third-order valence-corrected chi connectivity index (χ3v) is 11.6. The fraction of sp³-hybridized carbons (Fsp3) is 0.172. The number of rotatable bonds is 8. The van der Waals surface area contributed by atoms with Crippen molar-refractivity contribution in [2.75, 3.05) is 0 Å². The first kappa shape index (κ1) is 40.4. The summed E-state index contributed by atoms with van der Waals surface area (Å²) >= 11 is 0. The molecule has 0 aliphatic heterocycles. The summed E-state index contributed by atoms with van der Waals surface area (Å²) in [5.41, 5.74) is 0. The monoisotopic (exact) mass is 830 g/mol. The molecule has 0 N–H and O–H groups in total. The first-order valence-electron chi connectivity index (χ1n) is 13.7. The highest BCUT2D eigenvalue weighted by molar-refractivity contribution is 7.69. The summed E-state index contributed by atoms with van der Waals surface area (Å²) in [6.07, 6.45) is -6.74. The van der Waals surface area contributed by atoms with E-state index < -0.39 is 185 Å². The van der Waals surface area contributed by atoms with Crippen molar-refractivity contribution in [1.82, 2.24) is 0 Å². The molecule has 2 nitrogen and oxygen atoms in total. The molecule has 24 heteroatoms. The van der Waals surface area contributed by atoms with Gasteiger partial charge in [0.25, 0.3) is 0 Å². The molecule has 1 fully saturated rings. The second-order valence-electron chi connectivity index (χ2n) is 10.5. The SMILES string of the molecule is Fc1c(F)c(F)c(P(OC2CCCC2OP(c2c(F)c(F)c(F)c(F)c2F)c2c(F)c(F)c(F)c(F)c2F)c2c(F)c(F)c(F)c(F)c2F)c(F)c1F. The van der Waals surface area contributed by atoms with Gasteiger partial charge in [-0.15, -0.1) is 0 Å². The van der Waals surface area contributed by atoms with Crippen molar-refractivity contribution in [2.45, 2.75) is 31.5 Å². The van der Waals surface area contributed by atoms with Gasteiger partial charge in [-0.05, 0) is 19.3 Å². The summed E-state index contributed by atoms with van der Waals surface area (Å²) in [6, 6.07) is 0. The van der Waals surface area contributed by atoms with E-state index in [-0.39, 0.29) is 0 Å². The molecular formula is C29H8F20O2P2. The minimum atomic E-state index is -4.55. The molecule has 5 rings (SSSR count). The second-order valence-corrected chi connectivity index (χ2v) is 13.9. The Hall–Kier alpha value is -3.74. The lowest BCUT2D eigenvalue weighted by molar-refractivity contribution is 0.101. The van der Waals surface area contributed by atoms with Crippen molar-refractivity contribution >= 4 is 37.5 Å². The zero-order valence-corrected chi connectivity index (χ0v) is 26.3. The number of halogens is 20. The van der Waals surface area contributed by atoms with Crippen LogP contribution in [0.25, 0.3) is 0 Å². The normalized spacial score (nSPS) is 16.2. The third kappa shape index (κ3) is 6.48. The van der Waals surface area contributed by atoms with Crippen LogP contribution in [-0.4, -0.2) is 12.2 Å². The highest BCUT2D eigenvalue weighted by atomic mass is 31.1. The van der Waals surface area contributed by atoms with Gasteiger partial charge in [0.05, 0.1) is 33.4 Å². The highest BCUT2D eigenvalue weighted by Gasteiger charge is 2.45. The molecule has 4 aromatic rings. The zero-order chi connectivity index (χ0) is 39.7. The van der Waals surface area contributed by atoms with Crippen LogP contribution in [0, 0.1) is 116 Å². The topological polar surface area (TPSA) is 18.5 Å². The highest BCUT2D eigenvalue weighted by Crippen LogP contribution is 2.50. The van der Waals surface area contributed by atoms with Crippen LogP contribution in [0.2, 0.25) is 0 Å². The third-order valence-electron chi connectivity index (χ3n) is 7.43. The molecule has 0 spiro atoms. The van der Waals surface area contributed by atoms with Gasteiger partial charge in [-0.3, -0.25) is 0 Å². The average Bonchev–Trinajstić information content (AvgIpc) is 3.57. The van der Waals surface area contributed by atoms with Gasteiger partial charge in [0, 0.05) is 0 Å². The lowest BCUT2D eigenvalue weighted by Gasteiger charge is -2.30. The van der Waals surface area contributed by atoms with E-state index in [9.17, 15) is 52.7 Å². The number of hydrogen-bond acceptors (Lipinski definition) is 2. The van der Waals surface area contributed by atoms with Crippen molar-refractivity contribution in [1.29, 1.82) is 0 Å². The molecule has 0 amide bonds. The molecular weight excluding hydrogens is 822 g/mol. The Morgan fingerprint density at radius 2 is 0.415 bits per heavy atom. The summed E-state index contributed by atoms with van der Waals surface area (Å²) in [7, 11) is -9.10. The van der Waals surface area contributed by atoms with E-state index >= 15 is 35.1 Å². The van der Waals surface area contributed by atoms with Gasteiger partial charge >= 0.3 is 0 Å². The maximum Gasteiger partial charge on any atom is 0.200 e. The average molecular weight is 830 g/mol. The summed E-state index contributed by atoms with van der Waals surface area (Å²) in [5, 5.41) is -9.47. The van der Waals surface area contributed by atoms with Crippen LogP contribution < -0.4 is 21.2 Å². The fourth-order valence-corrected chi connectivity index (χ4v) is 9.03. The van der Waals surface area contributed by atoms with Crippen LogP contribution in [0.3, 0.4) is 0 Å². The lowest BCUT2D eigenvalue weighted by atomic mass is 10.3. The predicted molar refractivity (Wildman–Crippen MR) is 141 cm³/mol. The lowest BCUT2D eigenvalue weighted by Crippen LogP contribution is -2.36. The molecule has 1 aliphatic carbocycles. The Balaban J connectivity index is 1.74. The van der Waals surface area contributed by atoms with Gasteiger partial charge < -0.3 is 9.05 Å². The van der Waals surface area contributed by atoms with E-state index in [0.717, 1.165) is 0 Å². The molecule has 0 saturated heterocycles. The van der Waals surface area contributed by atoms with E-state index in [1.54, 1.807) is 0 Å². The Labute approximate surface area is 282 Å². The minimum absolute atomic E-state index is 0.468. The molecule has 0 bridgehead atoms. The van der Waals surface area contributed by atoms with Crippen LogP contribution in [0.15, 0.2) is 0 Å². The maximum atomic E-state index is 15.0. The fourth-order valence-electron chi connectivity index (χ4n) is 4.92. The predicted octanol–water partition coefficient (Wildman–Crippen LogP) is 8.82. The first-order valence-corrected chi connectivity index (χ1v) is 16.2. The van der Waals surface area contributed by atoms with Crippen molar-refractivity contribution in [3.63, 3.8) is 0 Å². The quantitative estimate of drug-likeness (QED) is 0.0766. The Kier molecular flexibility index (Phi) is 11.3. The summed E-state index contributed by atoms with van der Waals surface area (Å²) < 4.78 is 300. The Bertz CT molecular complexity index is 1780. The molecule has 286 valence electrons. The van der Waals surface area contributed by atoms with E-state index in [0.29, 0.717) is 0 Å². The van der Waals surface area contributed by atoms with Gasteiger partial charge in [-0.1, -0.05) is 0 Å². The van der Waals surface area contributed by atoms with Crippen molar-refractivity contribution in [3.8, 4) is 0 Å². The van der Waals surface area contributed by atoms with Crippen molar-refractivity contribution in [2.24, 2.45) is 0 Å². The zero-order valence-electron chi connectivity index (χ0n) is 24.5. The van der Waals surface area contributed by atoms with Crippen LogP contribution in [0.4, 0.5) is 87.8 Å². The standard InChI is InChI=1S/C29H8F20O2P2/c30-6-10(34)18(42)26(19(43)11(6)35)52(27-20(44)12(36)7(31)13(37)21(27)45)50-4-2-1-3-5(4)51-53(28-22(46)14(38)8(32)15(39)23(28)47)29-24(48)16(40)9(33)17(41)25(29)49/h4-5H,1-3H2. The van der Waals surface area contributed by atoms with Crippen LogP contribution >= 0.6 is 16.3 Å². The first-order chi connectivity index (χ1) is 24.7. The largest absolute Gasteiger partial charge is 0.343 e. The van der Waals surface area contributed by atoms with Gasteiger partial charge in [0.15, 0.2) is 93.1 Å². The second kappa shape index (κ2) is 14.8. The van der Waals surface area contributed by atoms with Crippen molar-refractivity contribution < 1.29 is 96.9 Å². The van der Waals surface area contributed by atoms with E-state index in [1.165, 1.54) is 0 Å². The summed E-state index contributed by atoms with van der Waals surface area (Å²) in [5.74, 6) is -58.0. The molecule has 2 atom stereocenters.